The van der Waals surface area contributed by atoms with Crippen molar-refractivity contribution in [1.29, 1.82) is 0 Å². The normalized spacial score (nSPS) is 18.2. The second-order valence-corrected chi connectivity index (χ2v) is 9.53. The number of amides is 1. The Morgan fingerprint density at radius 2 is 1.94 bits per heavy atom. The van der Waals surface area contributed by atoms with E-state index >= 15 is 0 Å². The van der Waals surface area contributed by atoms with E-state index in [2.05, 4.69) is 32.7 Å². The van der Waals surface area contributed by atoms with Gasteiger partial charge in [-0.1, -0.05) is 0 Å². The topological polar surface area (TPSA) is 78.3 Å². The molecule has 0 radical (unpaired) electrons. The van der Waals surface area contributed by atoms with E-state index < -0.39 is 11.7 Å². The minimum atomic E-state index is -4.53. The number of hydrogen-bond donors (Lipinski definition) is 2. The molecular weight excluding hydrogens is 459 g/mol. The predicted molar refractivity (Wildman–Crippen MR) is 129 cm³/mol. The first-order valence-electron chi connectivity index (χ1n) is 12.3. The van der Waals surface area contributed by atoms with Crippen molar-refractivity contribution >= 4 is 23.2 Å². The van der Waals surface area contributed by atoms with E-state index in [0.29, 0.717) is 43.6 Å². The molecule has 0 bridgehead atoms. The summed E-state index contributed by atoms with van der Waals surface area (Å²) in [5.41, 5.74) is 0.0596. The number of carbonyl (C=O) groups excluding carboxylic acids is 1. The van der Waals surface area contributed by atoms with Crippen LogP contribution in [0.2, 0.25) is 0 Å². The first kappa shape index (κ1) is 25.3. The highest BCUT2D eigenvalue weighted by atomic mass is 19.4. The van der Waals surface area contributed by atoms with Gasteiger partial charge in [0.25, 0.3) is 0 Å². The number of halogens is 3. The van der Waals surface area contributed by atoms with Crippen molar-refractivity contribution in [1.82, 2.24) is 24.6 Å². The van der Waals surface area contributed by atoms with Gasteiger partial charge in [-0.15, -0.1) is 0 Å². The number of piperidine rings is 2. The van der Waals surface area contributed by atoms with Crippen LogP contribution < -0.4 is 10.6 Å². The molecule has 8 nitrogen and oxygen atoms in total. The number of nitrogens with zero attached hydrogens (tertiary/aromatic N) is 5. The Morgan fingerprint density at radius 3 is 2.66 bits per heavy atom. The molecule has 2 N–H and O–H groups in total. The number of pyridine rings is 1. The number of aromatic nitrogens is 3. The molecule has 0 atom stereocenters. The van der Waals surface area contributed by atoms with Gasteiger partial charge in [0.15, 0.2) is 5.82 Å². The number of aryl methyl sites for hydroxylation is 1. The summed E-state index contributed by atoms with van der Waals surface area (Å²) in [7, 11) is 2.10. The average molecular weight is 494 g/mol. The Hall–Kier alpha value is -2.82. The molecule has 0 aliphatic carbocycles. The van der Waals surface area contributed by atoms with Crippen LogP contribution in [0.4, 0.5) is 30.5 Å². The van der Waals surface area contributed by atoms with Gasteiger partial charge in [0.1, 0.15) is 5.82 Å². The van der Waals surface area contributed by atoms with E-state index in [1.807, 2.05) is 17.8 Å². The van der Waals surface area contributed by atoms with E-state index in [1.54, 1.807) is 4.90 Å². The molecule has 2 saturated heterocycles. The van der Waals surface area contributed by atoms with Crippen LogP contribution >= 0.6 is 0 Å². The Balaban J connectivity index is 1.42. The largest absolute Gasteiger partial charge is 0.419 e. The number of carbonyl (C=O) groups is 1. The number of rotatable bonds is 8. The second kappa shape index (κ2) is 10.8. The fraction of sp³-hybridized carbons (Fsp3) is 0.625. The van der Waals surface area contributed by atoms with Crippen molar-refractivity contribution in [3.63, 3.8) is 0 Å². The van der Waals surface area contributed by atoms with Crippen molar-refractivity contribution in [2.75, 3.05) is 50.4 Å². The van der Waals surface area contributed by atoms with Crippen molar-refractivity contribution in [3.05, 3.63) is 29.6 Å². The highest BCUT2D eigenvalue weighted by Gasteiger charge is 2.34. The lowest BCUT2D eigenvalue weighted by molar-refractivity contribution is -0.137. The van der Waals surface area contributed by atoms with E-state index in [4.69, 9.17) is 0 Å². The predicted octanol–water partition coefficient (Wildman–Crippen LogP) is 4.43. The van der Waals surface area contributed by atoms with Crippen molar-refractivity contribution in [2.24, 2.45) is 0 Å². The summed E-state index contributed by atoms with van der Waals surface area (Å²) in [4.78, 5) is 20.0. The zero-order valence-electron chi connectivity index (χ0n) is 20.4. The number of hydrogen-bond acceptors (Lipinski definition) is 6. The smallest absolute Gasteiger partial charge is 0.384 e. The van der Waals surface area contributed by atoms with Crippen molar-refractivity contribution in [3.8, 4) is 0 Å². The molecule has 0 unspecified atom stereocenters. The molecule has 2 fully saturated rings. The van der Waals surface area contributed by atoms with Gasteiger partial charge in [0, 0.05) is 50.1 Å². The minimum Gasteiger partial charge on any atom is -0.384 e. The summed E-state index contributed by atoms with van der Waals surface area (Å²) in [6.07, 6.45) is 3.31. The Kier molecular flexibility index (Phi) is 7.83. The third kappa shape index (κ3) is 6.45. The van der Waals surface area contributed by atoms with Gasteiger partial charge in [-0.05, 0) is 59.2 Å². The zero-order valence-corrected chi connectivity index (χ0v) is 20.4. The van der Waals surface area contributed by atoms with Crippen LogP contribution in [0.15, 0.2) is 18.5 Å². The van der Waals surface area contributed by atoms with E-state index in [9.17, 15) is 18.0 Å². The number of alkyl halides is 3. The van der Waals surface area contributed by atoms with E-state index in [-0.39, 0.29) is 11.6 Å². The van der Waals surface area contributed by atoms with Crippen LogP contribution in [0.1, 0.15) is 55.7 Å². The third-order valence-electron chi connectivity index (χ3n) is 6.77. The van der Waals surface area contributed by atoms with Crippen LogP contribution in [-0.4, -0.2) is 70.2 Å². The van der Waals surface area contributed by atoms with Gasteiger partial charge in [0.05, 0.1) is 17.3 Å². The van der Waals surface area contributed by atoms with E-state index in [1.165, 1.54) is 6.07 Å². The third-order valence-corrected chi connectivity index (χ3v) is 6.77. The Labute approximate surface area is 203 Å². The molecular formula is C24H34F3N7O. The molecule has 1 amide bonds. The second-order valence-electron chi connectivity index (χ2n) is 9.53. The number of nitrogens with one attached hydrogen (secondary N) is 2. The lowest BCUT2D eigenvalue weighted by Gasteiger charge is -2.28. The molecule has 0 aromatic carbocycles. The average Bonchev–Trinajstić information content (AvgIpc) is 3.17. The lowest BCUT2D eigenvalue weighted by atomic mass is 10.1. The molecule has 35 heavy (non-hydrogen) atoms. The number of anilines is 3. The summed E-state index contributed by atoms with van der Waals surface area (Å²) in [6, 6.07) is 1.69. The zero-order chi connectivity index (χ0) is 25.0. The molecule has 2 aliphatic rings. The maximum absolute atomic E-state index is 13.6. The SMILES string of the molecule is Cc1cn(C2CCN(C)CC2)nc1Nc1cc(NCCCN2CCCCC2=O)c(C(F)(F)F)cn1. The number of likely N-dealkylation sites (tertiary alicyclic amines) is 2. The van der Waals surface area contributed by atoms with Gasteiger partial charge in [0.2, 0.25) is 5.91 Å². The monoisotopic (exact) mass is 493 g/mol. The summed E-state index contributed by atoms with van der Waals surface area (Å²) in [5.74, 6) is 1.01. The van der Waals surface area contributed by atoms with Crippen LogP contribution in [0.3, 0.4) is 0 Å². The minimum absolute atomic E-state index is 0.0348. The van der Waals surface area contributed by atoms with Crippen molar-refractivity contribution < 1.29 is 18.0 Å². The van der Waals surface area contributed by atoms with Crippen LogP contribution in [0.25, 0.3) is 0 Å². The molecule has 192 valence electrons. The van der Waals surface area contributed by atoms with Crippen LogP contribution in [0, 0.1) is 6.92 Å². The Bertz CT molecular complexity index is 1020. The molecule has 2 aliphatic heterocycles. The molecule has 0 saturated carbocycles. The maximum atomic E-state index is 13.6. The summed E-state index contributed by atoms with van der Waals surface area (Å²) in [6.45, 7) is 5.52. The fourth-order valence-electron chi connectivity index (χ4n) is 4.66. The molecule has 2 aromatic heterocycles. The maximum Gasteiger partial charge on any atom is 0.419 e. The van der Waals surface area contributed by atoms with Gasteiger partial charge in [-0.25, -0.2) is 4.98 Å². The molecule has 0 spiro atoms. The Morgan fingerprint density at radius 1 is 1.17 bits per heavy atom. The van der Waals surface area contributed by atoms with Gasteiger partial charge in [-0.3, -0.25) is 9.48 Å². The van der Waals surface area contributed by atoms with Crippen molar-refractivity contribution in [2.45, 2.75) is 57.7 Å². The quantitative estimate of drug-likeness (QED) is 0.530. The standard InChI is InChI=1S/C24H34F3N7O/c1-17-16-34(18-7-12-32(2)13-8-18)31-23(17)30-21-14-20(19(15-29-21)24(25,26)27)28-9-5-11-33-10-4-3-6-22(33)35/h14-16,18H,3-13H2,1-2H3,(H2,28,29,30,31). The molecule has 2 aromatic rings. The highest BCUT2D eigenvalue weighted by molar-refractivity contribution is 5.76. The molecule has 4 heterocycles. The van der Waals surface area contributed by atoms with Gasteiger partial charge >= 0.3 is 6.18 Å². The van der Waals surface area contributed by atoms with Gasteiger partial charge in [-0.2, -0.15) is 18.3 Å². The molecule has 4 rings (SSSR count). The van der Waals surface area contributed by atoms with Crippen LogP contribution in [0.5, 0.6) is 0 Å². The van der Waals surface area contributed by atoms with Crippen LogP contribution in [-0.2, 0) is 11.0 Å². The van der Waals surface area contributed by atoms with E-state index in [0.717, 1.165) is 57.1 Å². The fourth-order valence-corrected chi connectivity index (χ4v) is 4.66. The first-order chi connectivity index (χ1) is 16.7. The van der Waals surface area contributed by atoms with Gasteiger partial charge < -0.3 is 20.4 Å². The lowest BCUT2D eigenvalue weighted by Crippen LogP contribution is -2.36. The summed E-state index contributed by atoms with van der Waals surface area (Å²) < 4.78 is 42.7. The summed E-state index contributed by atoms with van der Waals surface area (Å²) in [5, 5.41) is 10.7. The summed E-state index contributed by atoms with van der Waals surface area (Å²) >= 11 is 0. The first-order valence-corrected chi connectivity index (χ1v) is 12.3. The highest BCUT2D eigenvalue weighted by Crippen LogP contribution is 2.36. The molecule has 11 heteroatoms.